The van der Waals surface area contributed by atoms with Gasteiger partial charge >= 0.3 is 12.0 Å². The smallest absolute Gasteiger partial charge is 0.326 e. The number of carbonyl (C=O) groups is 2. The number of carboxylic acids is 1. The summed E-state index contributed by atoms with van der Waals surface area (Å²) in [4.78, 5) is 22.8. The number of methoxy groups -OCH3 is 1. The lowest BCUT2D eigenvalue weighted by Gasteiger charge is -2.18. The van der Waals surface area contributed by atoms with Crippen molar-refractivity contribution in [1.82, 2.24) is 5.32 Å². The Balaban J connectivity index is 2.71. The number of urea groups is 1. The summed E-state index contributed by atoms with van der Waals surface area (Å²) in [5.41, 5.74) is 0.531. The van der Waals surface area contributed by atoms with Crippen molar-refractivity contribution in [2.75, 3.05) is 12.4 Å². The highest BCUT2D eigenvalue weighted by atomic mass is 79.9. The van der Waals surface area contributed by atoms with Crippen LogP contribution in [0.25, 0.3) is 0 Å². The van der Waals surface area contributed by atoms with E-state index in [2.05, 4.69) is 26.6 Å². The maximum Gasteiger partial charge on any atom is 0.326 e. The van der Waals surface area contributed by atoms with E-state index in [9.17, 15) is 9.59 Å². The van der Waals surface area contributed by atoms with Gasteiger partial charge < -0.3 is 20.5 Å². The van der Waals surface area contributed by atoms with Crippen LogP contribution in [0.2, 0.25) is 0 Å². The molecule has 0 spiro atoms. The number of hydrogen-bond donors (Lipinski definition) is 3. The maximum atomic E-state index is 11.8. The van der Waals surface area contributed by atoms with Gasteiger partial charge in [-0.3, -0.25) is 0 Å². The number of anilines is 1. The zero-order chi connectivity index (χ0) is 15.3. The third-order valence-electron chi connectivity index (χ3n) is 2.63. The molecule has 0 aliphatic heterocycles. The van der Waals surface area contributed by atoms with Crippen molar-refractivity contribution < 1.29 is 19.4 Å². The first-order chi connectivity index (χ1) is 9.35. The Hall–Kier alpha value is -1.76. The number of rotatable bonds is 5. The second-order valence-electron chi connectivity index (χ2n) is 4.51. The van der Waals surface area contributed by atoms with Crippen LogP contribution in [-0.2, 0) is 4.79 Å². The van der Waals surface area contributed by atoms with E-state index in [0.29, 0.717) is 15.9 Å². The minimum absolute atomic E-state index is 0.208. The largest absolute Gasteiger partial charge is 0.496 e. The van der Waals surface area contributed by atoms with Gasteiger partial charge in [0.15, 0.2) is 0 Å². The lowest BCUT2D eigenvalue weighted by atomic mass is 10.1. The molecule has 0 saturated heterocycles. The predicted molar refractivity (Wildman–Crippen MR) is 79.1 cm³/mol. The van der Waals surface area contributed by atoms with E-state index in [1.54, 1.807) is 39.2 Å². The second kappa shape index (κ2) is 7.14. The Morgan fingerprint density at radius 2 is 2.00 bits per heavy atom. The van der Waals surface area contributed by atoms with Gasteiger partial charge in [-0.1, -0.05) is 13.8 Å². The SMILES string of the molecule is COc1ccc(NC(=O)N[C@H](C(=O)O)C(C)C)cc1Br. The maximum absolute atomic E-state index is 11.8. The molecule has 0 bridgehead atoms. The number of ether oxygens (including phenoxy) is 1. The quantitative estimate of drug-likeness (QED) is 0.766. The fourth-order valence-corrected chi connectivity index (χ4v) is 2.11. The first-order valence-electron chi connectivity index (χ1n) is 5.99. The molecular formula is C13H17BrN2O4. The highest BCUT2D eigenvalue weighted by molar-refractivity contribution is 9.10. The van der Waals surface area contributed by atoms with Gasteiger partial charge in [-0.25, -0.2) is 9.59 Å². The molecule has 1 aromatic carbocycles. The number of hydrogen-bond acceptors (Lipinski definition) is 3. The summed E-state index contributed by atoms with van der Waals surface area (Å²) in [6.45, 7) is 3.45. The zero-order valence-electron chi connectivity index (χ0n) is 11.4. The zero-order valence-corrected chi connectivity index (χ0v) is 13.0. The van der Waals surface area contributed by atoms with Crippen LogP contribution in [0.15, 0.2) is 22.7 Å². The molecule has 6 nitrogen and oxygen atoms in total. The van der Waals surface area contributed by atoms with Crippen LogP contribution in [0.4, 0.5) is 10.5 Å². The predicted octanol–water partition coefficient (Wildman–Crippen LogP) is 2.69. The Morgan fingerprint density at radius 1 is 1.35 bits per heavy atom. The standard InChI is InChI=1S/C13H17BrN2O4/c1-7(2)11(12(17)18)16-13(19)15-8-4-5-10(20-3)9(14)6-8/h4-7,11H,1-3H3,(H,17,18)(H2,15,16,19)/t11-/m0/s1. The van der Waals surface area contributed by atoms with Gasteiger partial charge in [-0.05, 0) is 40.0 Å². The van der Waals surface area contributed by atoms with E-state index in [1.165, 1.54) is 0 Å². The van der Waals surface area contributed by atoms with Crippen LogP contribution in [0.1, 0.15) is 13.8 Å². The van der Waals surface area contributed by atoms with Crippen molar-refractivity contribution >= 4 is 33.6 Å². The molecule has 0 aliphatic carbocycles. The normalized spacial score (nSPS) is 11.8. The van der Waals surface area contributed by atoms with Crippen LogP contribution in [0, 0.1) is 5.92 Å². The number of aliphatic carboxylic acids is 1. The molecule has 0 fully saturated rings. The lowest BCUT2D eigenvalue weighted by molar-refractivity contribution is -0.140. The molecule has 7 heteroatoms. The van der Waals surface area contributed by atoms with Gasteiger partial charge in [-0.15, -0.1) is 0 Å². The van der Waals surface area contributed by atoms with Crippen molar-refractivity contribution in [2.24, 2.45) is 5.92 Å². The Labute approximate surface area is 125 Å². The molecular weight excluding hydrogens is 328 g/mol. The summed E-state index contributed by atoms with van der Waals surface area (Å²) < 4.78 is 5.77. The third kappa shape index (κ3) is 4.41. The van der Waals surface area contributed by atoms with E-state index in [4.69, 9.17) is 9.84 Å². The fraction of sp³-hybridized carbons (Fsp3) is 0.385. The van der Waals surface area contributed by atoms with Gasteiger partial charge in [0, 0.05) is 5.69 Å². The Morgan fingerprint density at radius 3 is 2.45 bits per heavy atom. The van der Waals surface area contributed by atoms with Gasteiger partial charge in [-0.2, -0.15) is 0 Å². The molecule has 0 saturated carbocycles. The summed E-state index contributed by atoms with van der Waals surface area (Å²) in [6.07, 6.45) is 0. The van der Waals surface area contributed by atoms with E-state index in [-0.39, 0.29) is 5.92 Å². The molecule has 2 amide bonds. The molecule has 1 rings (SSSR count). The third-order valence-corrected chi connectivity index (χ3v) is 3.25. The van der Waals surface area contributed by atoms with Crippen LogP contribution in [0.3, 0.4) is 0 Å². The average molecular weight is 345 g/mol. The monoisotopic (exact) mass is 344 g/mol. The number of carbonyl (C=O) groups excluding carboxylic acids is 1. The minimum Gasteiger partial charge on any atom is -0.496 e. The van der Waals surface area contributed by atoms with Crippen molar-refractivity contribution in [3.63, 3.8) is 0 Å². The number of nitrogens with one attached hydrogen (secondary N) is 2. The number of halogens is 1. The number of carboxylic acid groups (broad SMARTS) is 1. The molecule has 0 radical (unpaired) electrons. The molecule has 1 atom stereocenters. The van der Waals surface area contributed by atoms with Crippen molar-refractivity contribution in [3.8, 4) is 5.75 Å². The van der Waals surface area contributed by atoms with Crippen molar-refractivity contribution in [1.29, 1.82) is 0 Å². The van der Waals surface area contributed by atoms with Gasteiger partial charge in [0.05, 0.1) is 11.6 Å². The molecule has 0 heterocycles. The van der Waals surface area contributed by atoms with Crippen LogP contribution >= 0.6 is 15.9 Å². The van der Waals surface area contributed by atoms with E-state index in [0.717, 1.165) is 0 Å². The minimum atomic E-state index is -1.06. The van der Waals surface area contributed by atoms with E-state index < -0.39 is 18.0 Å². The average Bonchev–Trinajstić information content (AvgIpc) is 2.35. The topological polar surface area (TPSA) is 87.7 Å². The summed E-state index contributed by atoms with van der Waals surface area (Å²) in [7, 11) is 1.54. The summed E-state index contributed by atoms with van der Waals surface area (Å²) in [6, 6.07) is 3.52. The molecule has 0 aliphatic rings. The Kier molecular flexibility index (Phi) is 5.82. The van der Waals surface area contributed by atoms with Crippen LogP contribution < -0.4 is 15.4 Å². The van der Waals surface area contributed by atoms with Crippen LogP contribution in [0.5, 0.6) is 5.75 Å². The first kappa shape index (κ1) is 16.3. The first-order valence-corrected chi connectivity index (χ1v) is 6.78. The highest BCUT2D eigenvalue weighted by Crippen LogP contribution is 2.27. The summed E-state index contributed by atoms with van der Waals surface area (Å²) in [5.74, 6) is -0.631. The van der Waals surface area contributed by atoms with Crippen LogP contribution in [-0.4, -0.2) is 30.3 Å². The summed E-state index contributed by atoms with van der Waals surface area (Å²) >= 11 is 3.30. The van der Waals surface area contributed by atoms with E-state index in [1.807, 2.05) is 0 Å². The van der Waals surface area contributed by atoms with E-state index >= 15 is 0 Å². The van der Waals surface area contributed by atoms with Gasteiger partial charge in [0.25, 0.3) is 0 Å². The number of amides is 2. The second-order valence-corrected chi connectivity index (χ2v) is 5.36. The van der Waals surface area contributed by atoms with Gasteiger partial charge in [0.1, 0.15) is 11.8 Å². The number of benzene rings is 1. The highest BCUT2D eigenvalue weighted by Gasteiger charge is 2.23. The summed E-state index contributed by atoms with van der Waals surface area (Å²) in [5, 5.41) is 14.0. The lowest BCUT2D eigenvalue weighted by Crippen LogP contribution is -2.46. The molecule has 0 aromatic heterocycles. The van der Waals surface area contributed by atoms with Gasteiger partial charge in [0.2, 0.25) is 0 Å². The van der Waals surface area contributed by atoms with Crippen molar-refractivity contribution in [2.45, 2.75) is 19.9 Å². The molecule has 1 aromatic rings. The molecule has 0 unspecified atom stereocenters. The molecule has 110 valence electrons. The molecule has 3 N–H and O–H groups in total. The molecule has 20 heavy (non-hydrogen) atoms. The fourth-order valence-electron chi connectivity index (χ4n) is 1.57. The Bertz CT molecular complexity index is 505. The van der Waals surface area contributed by atoms with Crippen molar-refractivity contribution in [3.05, 3.63) is 22.7 Å².